The van der Waals surface area contributed by atoms with Crippen molar-refractivity contribution in [2.75, 3.05) is 6.61 Å². The smallest absolute Gasteiger partial charge is 0.407 e. The number of rotatable bonds is 6. The van der Waals surface area contributed by atoms with Gasteiger partial charge in [-0.15, -0.1) is 0 Å². The van der Waals surface area contributed by atoms with E-state index in [4.69, 9.17) is 4.74 Å². The second-order valence-corrected chi connectivity index (χ2v) is 11.4. The number of aliphatic carboxylic acids is 1. The Bertz CT molecular complexity index is 1370. The van der Waals surface area contributed by atoms with Gasteiger partial charge in [0.2, 0.25) is 0 Å². The predicted molar refractivity (Wildman–Crippen MR) is 167 cm³/mol. The first-order chi connectivity index (χ1) is 18.0. The van der Waals surface area contributed by atoms with Crippen LogP contribution in [-0.2, 0) is 16.0 Å². The quantitative estimate of drug-likeness (QED) is 0.209. The molecule has 1 aliphatic rings. The van der Waals surface area contributed by atoms with Gasteiger partial charge in [-0.1, -0.05) is 54.3 Å². The number of carboxylic acids is 1. The summed E-state index contributed by atoms with van der Waals surface area (Å²) >= 11 is 4.27. The number of fused-ring (bicyclic) bond motifs is 3. The van der Waals surface area contributed by atoms with Crippen LogP contribution in [0.3, 0.4) is 0 Å². The van der Waals surface area contributed by atoms with Crippen molar-refractivity contribution in [2.24, 2.45) is 0 Å². The van der Waals surface area contributed by atoms with Crippen LogP contribution in [0.1, 0.15) is 33.7 Å². The zero-order valence-electron chi connectivity index (χ0n) is 19.2. The van der Waals surface area contributed by atoms with Gasteiger partial charge in [-0.25, -0.2) is 9.59 Å². The Labute approximate surface area is 248 Å². The molecule has 0 aromatic heterocycles. The molecule has 0 bridgehead atoms. The van der Waals surface area contributed by atoms with Gasteiger partial charge in [0.1, 0.15) is 12.6 Å². The van der Waals surface area contributed by atoms with E-state index in [0.29, 0.717) is 0 Å². The molecule has 0 saturated carbocycles. The van der Waals surface area contributed by atoms with Crippen molar-refractivity contribution in [1.29, 1.82) is 0 Å². The molecule has 0 radical (unpaired) electrons. The first-order valence-corrected chi connectivity index (χ1v) is 17.8. The number of alkyl carbamates (subject to hydrolysis) is 1. The molecule has 4 rings (SSSR count). The third-order valence-corrected chi connectivity index (χ3v) is 7.55. The number of ether oxygens (including phenoxy) is 1. The number of carbonyl (C=O) groups is 2. The average molecular weight is 751 g/mol. The van der Waals surface area contributed by atoms with Crippen LogP contribution >= 0.6 is 60.3 Å². The molecule has 2 N–H and O–H groups in total. The molecule has 0 fully saturated rings. The summed E-state index contributed by atoms with van der Waals surface area (Å²) in [6, 6.07) is 20.2. The van der Waals surface area contributed by atoms with Crippen LogP contribution in [-0.4, -0.2) is 29.8 Å². The van der Waals surface area contributed by atoms with Crippen LogP contribution in [0.2, 0.25) is 0 Å². The number of benzene rings is 3. The molecule has 3 aromatic rings. The van der Waals surface area contributed by atoms with Crippen LogP contribution in [0.15, 0.2) is 66.7 Å². The molecule has 1 amide bonds. The highest BCUT2D eigenvalue weighted by Gasteiger charge is 2.31. The minimum atomic E-state index is -1.12. The van der Waals surface area contributed by atoms with E-state index in [1.807, 2.05) is 66.7 Å². The lowest BCUT2D eigenvalue weighted by Crippen LogP contribution is -2.42. The van der Waals surface area contributed by atoms with Crippen molar-refractivity contribution in [3.8, 4) is 33.5 Å². The lowest BCUT2D eigenvalue weighted by Gasteiger charge is -2.18. The van der Waals surface area contributed by atoms with Crippen molar-refractivity contribution in [1.82, 2.24) is 5.32 Å². The molecular weight excluding hydrogens is 732 g/mol. The maximum atomic E-state index is 12.7. The van der Waals surface area contributed by atoms with E-state index in [-0.39, 0.29) is 18.9 Å². The molecule has 0 aliphatic heterocycles. The van der Waals surface area contributed by atoms with Crippen LogP contribution in [0.25, 0.3) is 11.1 Å². The highest BCUT2D eigenvalue weighted by atomic mass is 127. The van der Waals surface area contributed by atoms with Gasteiger partial charge in [-0.3, -0.25) is 0 Å². The molecule has 5 nitrogen and oxygen atoms in total. The number of halogens is 2. The Morgan fingerprint density at radius 2 is 1.49 bits per heavy atom. The van der Waals surface area contributed by atoms with Crippen molar-refractivity contribution in [3.63, 3.8) is 0 Å². The Kier molecular flexibility index (Phi) is 10.1. The lowest BCUT2D eigenvalue weighted by atomic mass is 9.96. The lowest BCUT2D eigenvalue weighted by molar-refractivity contribution is -0.139. The number of carbonyl (C=O) groups excluding carboxylic acids is 1. The second-order valence-electron chi connectivity index (χ2n) is 8.09. The number of amides is 1. The van der Waals surface area contributed by atoms with Gasteiger partial charge < -0.3 is 15.2 Å². The van der Waals surface area contributed by atoms with E-state index in [0.717, 1.165) is 38.9 Å². The third kappa shape index (κ3) is 7.17. The van der Waals surface area contributed by atoms with Crippen molar-refractivity contribution < 1.29 is 19.4 Å². The fraction of sp³-hybridized carbons (Fsp3) is 0.143. The van der Waals surface area contributed by atoms with E-state index in [1.165, 1.54) is 17.9 Å². The number of carboxylic acid groups (broad SMARTS) is 1. The molecule has 0 saturated heterocycles. The van der Waals surface area contributed by atoms with E-state index in [1.54, 1.807) is 0 Å². The summed E-state index contributed by atoms with van der Waals surface area (Å²) in [6.45, 7) is 0.0549. The molecular formula is C28H19I2NO4S2. The molecule has 1 atom stereocenters. The fourth-order valence-electron chi connectivity index (χ4n) is 4.24. The largest absolute Gasteiger partial charge is 0.480 e. The highest BCUT2D eigenvalue weighted by molar-refractivity contribution is 14.2. The highest BCUT2D eigenvalue weighted by Crippen LogP contribution is 2.45. The molecule has 0 heterocycles. The molecule has 0 unspecified atom stereocenters. The standard InChI is InChI=1S/C28H19I2NO4S2/c29-36-12-10-19-6-8-21-22-9-7-20(11-13-37-30)15-24(22)25(23(21)14-19)17-35-28(34)31-26(27(32)33)16-18-4-2-1-3-5-18/h1-9,14-15,25-26H,16-17H2,(H,31,34)(H,32,33)/t26-/m0/s1. The fourth-order valence-corrected chi connectivity index (χ4v) is 5.22. The van der Waals surface area contributed by atoms with Gasteiger partial charge in [0.25, 0.3) is 0 Å². The molecule has 9 heteroatoms. The van der Waals surface area contributed by atoms with Gasteiger partial charge in [0.15, 0.2) is 0 Å². The number of nitrogens with one attached hydrogen (secondary N) is 1. The monoisotopic (exact) mass is 751 g/mol. The topological polar surface area (TPSA) is 75.6 Å². The van der Waals surface area contributed by atoms with E-state index >= 15 is 0 Å². The molecule has 1 aliphatic carbocycles. The minimum absolute atomic E-state index is 0.0549. The first kappa shape index (κ1) is 27.7. The Morgan fingerprint density at radius 3 is 2.00 bits per heavy atom. The predicted octanol–water partition coefficient (Wildman–Crippen LogP) is 7.01. The van der Waals surface area contributed by atoms with Gasteiger partial charge in [-0.2, -0.15) is 0 Å². The summed E-state index contributed by atoms with van der Waals surface area (Å²) in [5.41, 5.74) is 6.71. The minimum Gasteiger partial charge on any atom is -0.480 e. The summed E-state index contributed by atoms with van der Waals surface area (Å²) in [5.74, 6) is 4.92. The molecule has 3 aromatic carbocycles. The van der Waals surface area contributed by atoms with Gasteiger partial charge in [0, 0.05) is 65.9 Å². The summed E-state index contributed by atoms with van der Waals surface area (Å²) in [6.07, 6.45) is -0.610. The summed E-state index contributed by atoms with van der Waals surface area (Å²) in [5, 5.41) is 18.1. The zero-order chi connectivity index (χ0) is 26.2. The number of hydrogen-bond acceptors (Lipinski definition) is 5. The Hall–Kier alpha value is -2.32. The maximum absolute atomic E-state index is 12.7. The van der Waals surface area contributed by atoms with Crippen LogP contribution in [0, 0.1) is 22.3 Å². The van der Waals surface area contributed by atoms with Gasteiger partial charge >= 0.3 is 12.1 Å². The van der Waals surface area contributed by atoms with E-state index in [2.05, 4.69) is 70.1 Å². The van der Waals surface area contributed by atoms with Crippen molar-refractivity contribution in [2.45, 2.75) is 18.4 Å². The van der Waals surface area contributed by atoms with Crippen LogP contribution in [0.5, 0.6) is 0 Å². The SMILES string of the molecule is O=C(N[C@@H](Cc1ccccc1)C(=O)O)OCC1c2cc(C#CSI)ccc2-c2ccc(C#CSI)cc21. The van der Waals surface area contributed by atoms with E-state index < -0.39 is 18.1 Å². The van der Waals surface area contributed by atoms with E-state index in [9.17, 15) is 14.7 Å². The number of hydrogen-bond donors (Lipinski definition) is 2. The molecule has 37 heavy (non-hydrogen) atoms. The normalized spacial score (nSPS) is 12.2. The van der Waals surface area contributed by atoms with Gasteiger partial charge in [-0.05, 0) is 80.5 Å². The third-order valence-electron chi connectivity index (χ3n) is 5.87. The summed E-state index contributed by atoms with van der Waals surface area (Å²) in [7, 11) is 2.83. The summed E-state index contributed by atoms with van der Waals surface area (Å²) < 4.78 is 5.60. The van der Waals surface area contributed by atoms with Crippen molar-refractivity contribution >= 4 is 72.3 Å². The van der Waals surface area contributed by atoms with Gasteiger partial charge in [0.05, 0.1) is 0 Å². The van der Waals surface area contributed by atoms with Crippen LogP contribution in [0.4, 0.5) is 4.79 Å². The molecule has 0 spiro atoms. The Morgan fingerprint density at radius 1 is 0.919 bits per heavy atom. The van der Waals surface area contributed by atoms with Crippen molar-refractivity contribution in [3.05, 3.63) is 94.5 Å². The second kappa shape index (κ2) is 13.5. The van der Waals surface area contributed by atoms with Crippen LogP contribution < -0.4 is 5.32 Å². The summed E-state index contributed by atoms with van der Waals surface area (Å²) in [4.78, 5) is 24.5. The average Bonchev–Trinajstić information content (AvgIpc) is 3.21. The maximum Gasteiger partial charge on any atom is 0.407 e. The Balaban J connectivity index is 1.56. The zero-order valence-corrected chi connectivity index (χ0v) is 25.1. The first-order valence-electron chi connectivity index (χ1n) is 11.1. The molecule has 186 valence electrons.